The minimum Gasteiger partial charge on any atom is -0.332 e. The van der Waals surface area contributed by atoms with Gasteiger partial charge in [0.2, 0.25) is 0 Å². The average Bonchev–Trinajstić information content (AvgIpc) is 3.15. The fraction of sp³-hybridized carbons (Fsp3) is 0.333. The molecule has 3 aromatic rings. The van der Waals surface area contributed by atoms with E-state index in [0.29, 0.717) is 11.4 Å². The fourth-order valence-electron chi connectivity index (χ4n) is 3.27. The number of anilines is 1. The summed E-state index contributed by atoms with van der Waals surface area (Å²) >= 11 is 0. The smallest absolute Gasteiger partial charge is 0.319 e. The van der Waals surface area contributed by atoms with Crippen LogP contribution in [-0.2, 0) is 28.2 Å². The standard InChI is InChI=1S/C24H27F3N4O3S/c1-24(2,3)22-13-20(31(30-22)19-10-16(25)9-17(26)11-19)14-28-23(32)29-18-6-5-15(21(27)12-18)7-8-35(4,33)34/h5-6,9-13H,7-8,14H2,1-4H3,(H2,28,29,32). The number of nitrogens with zero attached hydrogens (tertiary/aromatic N) is 2. The van der Waals surface area contributed by atoms with E-state index < -0.39 is 33.3 Å². The van der Waals surface area contributed by atoms with E-state index in [0.717, 1.165) is 30.5 Å². The molecule has 3 rings (SSSR count). The summed E-state index contributed by atoms with van der Waals surface area (Å²) in [5.74, 6) is -2.33. The van der Waals surface area contributed by atoms with Gasteiger partial charge in [-0.05, 0) is 42.3 Å². The first kappa shape index (κ1) is 26.3. The van der Waals surface area contributed by atoms with Gasteiger partial charge in [0, 0.05) is 23.4 Å². The van der Waals surface area contributed by atoms with Crippen LogP contribution in [0.25, 0.3) is 5.69 Å². The summed E-state index contributed by atoms with van der Waals surface area (Å²) in [4.78, 5) is 12.4. The third-order valence-electron chi connectivity index (χ3n) is 5.13. The summed E-state index contributed by atoms with van der Waals surface area (Å²) in [7, 11) is -3.23. The highest BCUT2D eigenvalue weighted by Crippen LogP contribution is 2.24. The van der Waals surface area contributed by atoms with Crippen LogP contribution < -0.4 is 10.6 Å². The molecule has 2 N–H and O–H groups in total. The summed E-state index contributed by atoms with van der Waals surface area (Å²) in [6, 6.07) is 8.13. The van der Waals surface area contributed by atoms with Gasteiger partial charge in [-0.25, -0.2) is 31.1 Å². The molecule has 35 heavy (non-hydrogen) atoms. The summed E-state index contributed by atoms with van der Waals surface area (Å²) in [6.45, 7) is 5.78. The van der Waals surface area contributed by atoms with Crippen molar-refractivity contribution in [2.75, 3.05) is 17.3 Å². The minimum absolute atomic E-state index is 0.0257. The molecular formula is C24H27F3N4O3S. The molecule has 1 aromatic heterocycles. The second kappa shape index (κ2) is 10.1. The molecule has 0 fully saturated rings. The SMILES string of the molecule is CC(C)(C)c1cc(CNC(=O)Nc2ccc(CCS(C)(=O)=O)c(F)c2)n(-c2cc(F)cc(F)c2)n1. The van der Waals surface area contributed by atoms with Crippen molar-refractivity contribution in [2.45, 2.75) is 39.2 Å². The van der Waals surface area contributed by atoms with Gasteiger partial charge in [0.25, 0.3) is 0 Å². The molecule has 2 amide bonds. The molecule has 0 radical (unpaired) electrons. The molecule has 0 aliphatic rings. The maximum atomic E-state index is 14.3. The first-order valence-electron chi connectivity index (χ1n) is 10.8. The highest BCUT2D eigenvalue weighted by atomic mass is 32.2. The van der Waals surface area contributed by atoms with Crippen LogP contribution in [0.15, 0.2) is 42.5 Å². The van der Waals surface area contributed by atoms with Crippen molar-refractivity contribution < 1.29 is 26.4 Å². The number of aromatic nitrogens is 2. The molecule has 11 heteroatoms. The maximum Gasteiger partial charge on any atom is 0.319 e. The zero-order valence-corrected chi connectivity index (χ0v) is 20.6. The lowest BCUT2D eigenvalue weighted by molar-refractivity contribution is 0.251. The molecule has 2 aromatic carbocycles. The van der Waals surface area contributed by atoms with Gasteiger partial charge >= 0.3 is 6.03 Å². The van der Waals surface area contributed by atoms with Crippen molar-refractivity contribution >= 4 is 21.6 Å². The van der Waals surface area contributed by atoms with Crippen molar-refractivity contribution in [1.29, 1.82) is 0 Å². The minimum atomic E-state index is -3.23. The van der Waals surface area contributed by atoms with Crippen molar-refractivity contribution in [3.05, 3.63) is 76.9 Å². The first-order valence-corrected chi connectivity index (χ1v) is 12.8. The van der Waals surface area contributed by atoms with Crippen LogP contribution in [0.2, 0.25) is 0 Å². The Hall–Kier alpha value is -3.34. The number of rotatable bonds is 7. The molecule has 0 saturated heterocycles. The van der Waals surface area contributed by atoms with Gasteiger partial charge in [-0.15, -0.1) is 0 Å². The van der Waals surface area contributed by atoms with Crippen LogP contribution >= 0.6 is 0 Å². The van der Waals surface area contributed by atoms with E-state index in [-0.39, 0.29) is 41.1 Å². The number of hydrogen-bond acceptors (Lipinski definition) is 4. The van der Waals surface area contributed by atoms with Crippen LogP contribution in [0.5, 0.6) is 0 Å². The van der Waals surface area contributed by atoms with Gasteiger partial charge in [-0.1, -0.05) is 26.8 Å². The second-order valence-corrected chi connectivity index (χ2v) is 11.6. The average molecular weight is 509 g/mol. The number of halogens is 3. The number of hydrogen-bond donors (Lipinski definition) is 2. The molecule has 7 nitrogen and oxygen atoms in total. The van der Waals surface area contributed by atoms with Gasteiger partial charge < -0.3 is 10.6 Å². The van der Waals surface area contributed by atoms with Gasteiger partial charge in [-0.3, -0.25) is 0 Å². The van der Waals surface area contributed by atoms with E-state index >= 15 is 0 Å². The van der Waals surface area contributed by atoms with Crippen LogP contribution in [0, 0.1) is 17.5 Å². The molecule has 1 heterocycles. The van der Waals surface area contributed by atoms with Gasteiger partial charge in [0.15, 0.2) is 0 Å². The van der Waals surface area contributed by atoms with Crippen molar-refractivity contribution in [3.63, 3.8) is 0 Å². The maximum absolute atomic E-state index is 14.3. The number of aryl methyl sites for hydroxylation is 1. The molecule has 0 saturated carbocycles. The van der Waals surface area contributed by atoms with Gasteiger partial charge in [0.1, 0.15) is 27.3 Å². The molecule has 0 aliphatic heterocycles. The van der Waals surface area contributed by atoms with E-state index in [9.17, 15) is 26.4 Å². The molecule has 0 aliphatic carbocycles. The number of sulfone groups is 1. The zero-order valence-electron chi connectivity index (χ0n) is 19.8. The van der Waals surface area contributed by atoms with E-state index in [1.807, 2.05) is 20.8 Å². The molecular weight excluding hydrogens is 481 g/mol. The van der Waals surface area contributed by atoms with Crippen molar-refractivity contribution in [2.24, 2.45) is 0 Å². The van der Waals surface area contributed by atoms with Crippen LogP contribution in [-0.4, -0.2) is 36.2 Å². The lowest BCUT2D eigenvalue weighted by Gasteiger charge is -2.14. The lowest BCUT2D eigenvalue weighted by atomic mass is 9.92. The Morgan fingerprint density at radius 1 is 1.03 bits per heavy atom. The predicted octanol–water partition coefficient (Wildman–Crippen LogP) is 4.50. The first-order chi connectivity index (χ1) is 16.2. The van der Waals surface area contributed by atoms with E-state index in [4.69, 9.17) is 0 Å². The van der Waals surface area contributed by atoms with Gasteiger partial charge in [0.05, 0.1) is 29.4 Å². The Balaban J connectivity index is 1.74. The van der Waals surface area contributed by atoms with Crippen molar-refractivity contribution in [1.82, 2.24) is 15.1 Å². The number of nitrogens with one attached hydrogen (secondary N) is 2. The van der Waals surface area contributed by atoms with E-state index in [1.54, 1.807) is 6.07 Å². The Morgan fingerprint density at radius 2 is 1.69 bits per heavy atom. The highest BCUT2D eigenvalue weighted by molar-refractivity contribution is 7.90. The molecule has 0 atom stereocenters. The summed E-state index contributed by atoms with van der Waals surface area (Å²) < 4.78 is 65.8. The Labute approximate surface area is 202 Å². The molecule has 188 valence electrons. The van der Waals surface area contributed by atoms with Crippen molar-refractivity contribution in [3.8, 4) is 5.69 Å². The monoisotopic (exact) mass is 508 g/mol. The Bertz CT molecular complexity index is 1330. The van der Waals surface area contributed by atoms with E-state index in [2.05, 4.69) is 15.7 Å². The lowest BCUT2D eigenvalue weighted by Crippen LogP contribution is -2.29. The van der Waals surface area contributed by atoms with E-state index in [1.165, 1.54) is 16.8 Å². The second-order valence-electron chi connectivity index (χ2n) is 9.30. The topological polar surface area (TPSA) is 93.1 Å². The van der Waals surface area contributed by atoms with Crippen LogP contribution in [0.3, 0.4) is 0 Å². The normalized spacial score (nSPS) is 12.0. The number of carbonyl (C=O) groups is 1. The number of benzene rings is 2. The van der Waals surface area contributed by atoms with Crippen LogP contribution in [0.4, 0.5) is 23.7 Å². The number of carbonyl (C=O) groups excluding carboxylic acids is 1. The Kier molecular flexibility index (Phi) is 7.59. The molecule has 0 spiro atoms. The summed E-state index contributed by atoms with van der Waals surface area (Å²) in [5, 5.41) is 9.61. The summed E-state index contributed by atoms with van der Waals surface area (Å²) in [5.41, 5.74) is 1.36. The van der Waals surface area contributed by atoms with Crippen LogP contribution in [0.1, 0.15) is 37.7 Å². The fourth-order valence-corrected chi connectivity index (χ4v) is 3.86. The van der Waals surface area contributed by atoms with Gasteiger partial charge in [-0.2, -0.15) is 5.10 Å². The third-order valence-corrected chi connectivity index (χ3v) is 6.07. The summed E-state index contributed by atoms with van der Waals surface area (Å²) in [6.07, 6.45) is 1.10. The Morgan fingerprint density at radius 3 is 2.26 bits per heavy atom. The number of amides is 2. The highest BCUT2D eigenvalue weighted by Gasteiger charge is 2.21. The molecule has 0 bridgehead atoms. The predicted molar refractivity (Wildman–Crippen MR) is 128 cm³/mol. The number of urea groups is 1. The third kappa shape index (κ3) is 7.32. The largest absolute Gasteiger partial charge is 0.332 e. The quantitative estimate of drug-likeness (QED) is 0.492. The zero-order chi connectivity index (χ0) is 26.0. The molecule has 0 unspecified atom stereocenters.